The van der Waals surface area contributed by atoms with E-state index in [-0.39, 0.29) is 18.1 Å². The van der Waals surface area contributed by atoms with Crippen LogP contribution in [0.1, 0.15) is 123 Å². The van der Waals surface area contributed by atoms with E-state index in [1.807, 2.05) is 0 Å². The average molecular weight is 1100 g/mol. The van der Waals surface area contributed by atoms with Crippen LogP contribution in [0.4, 0.5) is 0 Å². The molecule has 8 aromatic rings. The maximum absolute atomic E-state index is 9.80. The summed E-state index contributed by atoms with van der Waals surface area (Å²) in [5.41, 5.74) is 23.1. The first kappa shape index (κ1) is 51.0. The van der Waals surface area contributed by atoms with Crippen molar-refractivity contribution in [3.8, 4) is 55.6 Å². The number of allylic oxidation sites excluding steroid dienone is 2. The van der Waals surface area contributed by atoms with Crippen molar-refractivity contribution in [2.24, 2.45) is 11.8 Å². The number of halogens is 2. The van der Waals surface area contributed by atoms with Gasteiger partial charge in [0.25, 0.3) is 0 Å². The average Bonchev–Trinajstić information content (AvgIpc) is 4.13. The molecule has 0 aromatic heterocycles. The van der Waals surface area contributed by atoms with Crippen molar-refractivity contribution in [2.45, 2.75) is 100 Å². The van der Waals surface area contributed by atoms with E-state index in [0.29, 0.717) is 11.8 Å². The number of benzene rings is 8. The zero-order valence-electron chi connectivity index (χ0n) is 45.1. The number of hydrogen-bond acceptors (Lipinski definition) is 0. The van der Waals surface area contributed by atoms with Crippen molar-refractivity contribution < 1.29 is 16.4 Å². The van der Waals surface area contributed by atoms with E-state index in [0.717, 1.165) is 12.8 Å². The van der Waals surface area contributed by atoms with Crippen LogP contribution in [0.2, 0.25) is 0 Å². The summed E-state index contributed by atoms with van der Waals surface area (Å²) in [6, 6.07) is 66.2. The van der Waals surface area contributed by atoms with Crippen LogP contribution in [0.3, 0.4) is 0 Å². The van der Waals surface area contributed by atoms with Crippen molar-refractivity contribution in [1.82, 2.24) is 0 Å². The summed E-state index contributed by atoms with van der Waals surface area (Å²) in [5, 5.41) is 2.94. The molecule has 4 heteroatoms. The Bertz CT molecular complexity index is 3360. The van der Waals surface area contributed by atoms with Crippen LogP contribution in [0.5, 0.6) is 0 Å². The predicted molar refractivity (Wildman–Crippen MR) is 323 cm³/mol. The minimum absolute atomic E-state index is 0.148. The van der Waals surface area contributed by atoms with Crippen LogP contribution in [0.25, 0.3) is 67.8 Å². The second-order valence-corrected chi connectivity index (χ2v) is 47.1. The quantitative estimate of drug-likeness (QED) is 0.113. The van der Waals surface area contributed by atoms with E-state index >= 15 is 0 Å². The fourth-order valence-corrected chi connectivity index (χ4v) is 41.5. The fraction of sp³-hybridized carbons (Fsp3) is 0.257. The van der Waals surface area contributed by atoms with Gasteiger partial charge in [0.1, 0.15) is 0 Å². The number of fused-ring (bicyclic) bond motifs is 5. The normalized spacial score (nSPS) is 16.9. The predicted octanol–water partition coefficient (Wildman–Crippen LogP) is 18.0. The molecule has 0 fully saturated rings. The van der Waals surface area contributed by atoms with Gasteiger partial charge in [-0.2, -0.15) is 0 Å². The third-order valence-electron chi connectivity index (χ3n) is 16.5. The molecule has 2 aliphatic carbocycles. The van der Waals surface area contributed by atoms with Crippen LogP contribution in [0.15, 0.2) is 187 Å². The summed E-state index contributed by atoms with van der Waals surface area (Å²) >= 11 is -5.96. The van der Waals surface area contributed by atoms with Gasteiger partial charge in [-0.1, -0.05) is 0 Å². The molecule has 373 valence electrons. The van der Waals surface area contributed by atoms with Gasteiger partial charge in [0.2, 0.25) is 0 Å². The van der Waals surface area contributed by atoms with E-state index in [1.54, 1.807) is 0 Å². The molecule has 1 aliphatic heterocycles. The second-order valence-electron chi connectivity index (χ2n) is 24.6. The molecule has 0 bridgehead atoms. The zero-order valence-corrected chi connectivity index (χ0v) is 50.5. The van der Waals surface area contributed by atoms with Crippen molar-refractivity contribution >= 4 is 52.3 Å². The number of hydrogen-bond donors (Lipinski definition) is 0. The standard InChI is InChI=1S/2C29H31.C12H9Si.2ClH.Zr/c2*1-20(2)17-21-18-23-15-16-27(29(3,4)5)28(26(23)19-21)25-14-10-9-13-24(25)22-11-7-6-8-12-22;1-3-7-11-9(5-1)10-6-2-4-8-12(10)13-11;;;/h2*6-16,18-20H,17H2,1-5H3;1-7H,13H2;2*1H;/q;;;;;+2/p-2. The second kappa shape index (κ2) is 19.2. The van der Waals surface area contributed by atoms with Gasteiger partial charge in [-0.15, -0.1) is 0 Å². The van der Waals surface area contributed by atoms with Crippen LogP contribution >= 0.6 is 17.0 Å². The van der Waals surface area contributed by atoms with Gasteiger partial charge in [-0.05, 0) is 0 Å². The fourth-order valence-electron chi connectivity index (χ4n) is 13.6. The van der Waals surface area contributed by atoms with Gasteiger partial charge in [-0.25, -0.2) is 0 Å². The van der Waals surface area contributed by atoms with Gasteiger partial charge in [-0.3, -0.25) is 0 Å². The Morgan fingerprint density at radius 1 is 0.432 bits per heavy atom. The SMILES string of the molecule is CC(C)CC1=Cc2c(ccc(C(C)(C)C)c2-c2ccccc2-c2ccccc2)[CH]1[Zr]([Cl])([Cl])([c]1cccc2c1[SiH2]c1ccccc1-2)[CH]1C(CC(C)C)=Cc2c1ccc(C(C)(C)C)c2-c1ccccc1-c1ccccc1. The molecule has 2 unspecified atom stereocenters. The van der Waals surface area contributed by atoms with E-state index in [4.69, 9.17) is 0 Å². The van der Waals surface area contributed by atoms with Gasteiger partial charge < -0.3 is 0 Å². The monoisotopic (exact) mass is 1100 g/mol. The van der Waals surface area contributed by atoms with Crippen molar-refractivity contribution in [1.29, 1.82) is 0 Å². The van der Waals surface area contributed by atoms with Crippen molar-refractivity contribution in [3.05, 3.63) is 220 Å². The molecule has 74 heavy (non-hydrogen) atoms. The van der Waals surface area contributed by atoms with Crippen molar-refractivity contribution in [3.63, 3.8) is 0 Å². The molecule has 3 aliphatic rings. The third kappa shape index (κ3) is 8.60. The molecule has 0 N–H and O–H groups in total. The Morgan fingerprint density at radius 2 is 0.824 bits per heavy atom. The third-order valence-corrected chi connectivity index (χ3v) is 39.3. The summed E-state index contributed by atoms with van der Waals surface area (Å²) in [6.07, 6.45) is 7.01. The first-order valence-electron chi connectivity index (χ1n) is 27.2. The molecule has 2 atom stereocenters. The Hall–Kier alpha value is -5.08. The van der Waals surface area contributed by atoms with Crippen LogP contribution in [-0.4, -0.2) is 9.52 Å². The van der Waals surface area contributed by atoms with E-state index in [9.17, 15) is 17.0 Å². The van der Waals surface area contributed by atoms with Gasteiger partial charge in [0.05, 0.1) is 0 Å². The molecule has 0 spiro atoms. The molecular formula is C70H71Cl2SiZr. The van der Waals surface area contributed by atoms with E-state index in [2.05, 4.69) is 257 Å². The van der Waals surface area contributed by atoms with Gasteiger partial charge in [0.15, 0.2) is 0 Å². The Morgan fingerprint density at radius 3 is 1.26 bits per heavy atom. The Balaban J connectivity index is 1.27. The van der Waals surface area contributed by atoms with Crippen molar-refractivity contribution in [2.75, 3.05) is 0 Å². The summed E-state index contributed by atoms with van der Waals surface area (Å²) in [5.74, 6) is 0.759. The van der Waals surface area contributed by atoms with Crippen LogP contribution in [-0.2, 0) is 27.2 Å². The molecule has 8 aromatic carbocycles. The molecule has 0 saturated carbocycles. The molecule has 0 saturated heterocycles. The molecule has 1 heterocycles. The Kier molecular flexibility index (Phi) is 13.2. The summed E-state index contributed by atoms with van der Waals surface area (Å²) in [4.78, 5) is 0. The number of rotatable bonds is 11. The van der Waals surface area contributed by atoms with E-state index < -0.39 is 25.9 Å². The van der Waals surface area contributed by atoms with E-state index in [1.165, 1.54) is 114 Å². The summed E-state index contributed by atoms with van der Waals surface area (Å²) < 4.78 is 0.909. The zero-order chi connectivity index (χ0) is 51.9. The molecule has 11 rings (SSSR count). The van der Waals surface area contributed by atoms with Gasteiger partial charge >= 0.3 is 457 Å². The maximum atomic E-state index is 9.80. The minimum atomic E-state index is -5.96. The van der Waals surface area contributed by atoms with Crippen LogP contribution < -0.4 is 13.6 Å². The Labute approximate surface area is 453 Å². The van der Waals surface area contributed by atoms with Crippen LogP contribution in [0, 0.1) is 11.8 Å². The molecule has 0 amide bonds. The first-order chi connectivity index (χ1) is 35.3. The van der Waals surface area contributed by atoms with Gasteiger partial charge in [0, 0.05) is 0 Å². The molecular weight excluding hydrogens is 1030 g/mol. The summed E-state index contributed by atoms with van der Waals surface area (Å²) in [7, 11) is 18.6. The molecule has 0 radical (unpaired) electrons. The summed E-state index contributed by atoms with van der Waals surface area (Å²) in [6.45, 7) is 23.7. The molecule has 0 nitrogen and oxygen atoms in total. The first-order valence-corrected chi connectivity index (χ1v) is 39.0. The topological polar surface area (TPSA) is 0 Å².